The third-order valence-electron chi connectivity index (χ3n) is 3.00. The fourth-order valence-electron chi connectivity index (χ4n) is 2.06. The van der Waals surface area contributed by atoms with Crippen LogP contribution in [-0.2, 0) is 12.0 Å². The van der Waals surface area contributed by atoms with Crippen molar-refractivity contribution in [2.75, 3.05) is 0 Å². The number of hydrogen-bond acceptors (Lipinski definition) is 1. The van der Waals surface area contributed by atoms with Crippen molar-refractivity contribution in [2.24, 2.45) is 5.73 Å². The minimum absolute atomic E-state index is 0.538. The van der Waals surface area contributed by atoms with Crippen LogP contribution in [0.1, 0.15) is 18.1 Å². The summed E-state index contributed by atoms with van der Waals surface area (Å²) in [5, 5.41) is 1.43. The minimum Gasteiger partial charge on any atom is -0.321 e. The maximum atomic E-state index is 6.40. The summed E-state index contributed by atoms with van der Waals surface area (Å²) in [7, 11) is 0. The van der Waals surface area contributed by atoms with Gasteiger partial charge in [0.1, 0.15) is 0 Å². The molecule has 2 aromatic carbocycles. The van der Waals surface area contributed by atoms with E-state index in [0.717, 1.165) is 16.1 Å². The van der Waals surface area contributed by atoms with Crippen molar-refractivity contribution >= 4 is 23.2 Å². The quantitative estimate of drug-likeness (QED) is 0.885. The Morgan fingerprint density at radius 3 is 2.11 bits per heavy atom. The van der Waals surface area contributed by atoms with Crippen LogP contribution in [0.4, 0.5) is 0 Å². The summed E-state index contributed by atoms with van der Waals surface area (Å²) in [5.41, 5.74) is 7.83. The lowest BCUT2D eigenvalue weighted by molar-refractivity contribution is 0.492. The van der Waals surface area contributed by atoms with Crippen molar-refractivity contribution in [3.05, 3.63) is 69.7 Å². The molecule has 0 spiro atoms. The third kappa shape index (κ3) is 2.86. The van der Waals surface area contributed by atoms with E-state index in [9.17, 15) is 0 Å². The monoisotopic (exact) mass is 279 g/mol. The average molecular weight is 280 g/mol. The molecule has 0 amide bonds. The van der Waals surface area contributed by atoms with E-state index in [2.05, 4.69) is 0 Å². The predicted octanol–water partition coefficient (Wildman–Crippen LogP) is 4.41. The molecule has 0 saturated carbocycles. The van der Waals surface area contributed by atoms with Crippen molar-refractivity contribution in [2.45, 2.75) is 18.9 Å². The molecule has 18 heavy (non-hydrogen) atoms. The van der Waals surface area contributed by atoms with Gasteiger partial charge < -0.3 is 5.73 Å². The molecule has 0 aliphatic rings. The van der Waals surface area contributed by atoms with Crippen LogP contribution in [0.5, 0.6) is 0 Å². The minimum atomic E-state index is -0.538. The Balaban J connectivity index is 2.33. The number of nitrogens with two attached hydrogens (primary N) is 1. The van der Waals surface area contributed by atoms with Gasteiger partial charge in [-0.2, -0.15) is 0 Å². The highest BCUT2D eigenvalue weighted by molar-refractivity contribution is 6.31. The average Bonchev–Trinajstić information content (AvgIpc) is 2.32. The summed E-state index contributed by atoms with van der Waals surface area (Å²) in [5.74, 6) is 0. The van der Waals surface area contributed by atoms with Crippen LogP contribution in [0.25, 0.3) is 0 Å². The normalized spacial score (nSPS) is 14.2. The summed E-state index contributed by atoms with van der Waals surface area (Å²) in [6, 6.07) is 15.4. The van der Waals surface area contributed by atoms with Gasteiger partial charge in [-0.25, -0.2) is 0 Å². The summed E-state index contributed by atoms with van der Waals surface area (Å²) in [6.07, 6.45) is 0.649. The van der Waals surface area contributed by atoms with E-state index in [-0.39, 0.29) is 0 Å². The zero-order valence-electron chi connectivity index (χ0n) is 10.2. The first-order valence-electron chi connectivity index (χ1n) is 5.78. The second-order valence-corrected chi connectivity index (χ2v) is 5.48. The lowest BCUT2D eigenvalue weighted by Crippen LogP contribution is -2.35. The Bertz CT molecular complexity index is 550. The first-order valence-corrected chi connectivity index (χ1v) is 6.53. The fraction of sp³-hybridized carbons (Fsp3) is 0.200. The molecule has 0 radical (unpaired) electrons. The van der Waals surface area contributed by atoms with Gasteiger partial charge in [-0.05, 0) is 36.6 Å². The maximum Gasteiger partial charge on any atom is 0.0456 e. The predicted molar refractivity (Wildman–Crippen MR) is 78.1 cm³/mol. The van der Waals surface area contributed by atoms with Gasteiger partial charge in [0, 0.05) is 15.6 Å². The zero-order valence-corrected chi connectivity index (χ0v) is 11.7. The molecule has 94 valence electrons. The van der Waals surface area contributed by atoms with E-state index in [1.807, 2.05) is 55.5 Å². The van der Waals surface area contributed by atoms with E-state index in [1.165, 1.54) is 0 Å². The molecule has 0 saturated heterocycles. The van der Waals surface area contributed by atoms with Crippen molar-refractivity contribution in [3.8, 4) is 0 Å². The topological polar surface area (TPSA) is 26.0 Å². The Labute approximate surface area is 118 Å². The summed E-state index contributed by atoms with van der Waals surface area (Å²) in [6.45, 7) is 1.97. The van der Waals surface area contributed by atoms with Crippen LogP contribution < -0.4 is 5.73 Å². The summed E-state index contributed by atoms with van der Waals surface area (Å²) < 4.78 is 0. The largest absolute Gasteiger partial charge is 0.321 e. The van der Waals surface area contributed by atoms with Crippen LogP contribution in [0.3, 0.4) is 0 Å². The first kappa shape index (κ1) is 13.4. The number of halogens is 2. The highest BCUT2D eigenvalue weighted by atomic mass is 35.5. The number of hydrogen-bond donors (Lipinski definition) is 1. The van der Waals surface area contributed by atoms with Crippen molar-refractivity contribution in [1.29, 1.82) is 0 Å². The lowest BCUT2D eigenvalue weighted by Gasteiger charge is -2.27. The standard InChI is InChI=1S/C15H15Cl2N/c1-15(18,12-7-3-5-9-14(12)17)10-11-6-2-4-8-13(11)16/h2-9H,10,18H2,1H3. The SMILES string of the molecule is CC(N)(Cc1ccccc1Cl)c1ccccc1Cl. The van der Waals surface area contributed by atoms with Gasteiger partial charge in [0.15, 0.2) is 0 Å². The first-order chi connectivity index (χ1) is 8.50. The Morgan fingerprint density at radius 1 is 0.944 bits per heavy atom. The number of rotatable bonds is 3. The van der Waals surface area contributed by atoms with Gasteiger partial charge in [0.2, 0.25) is 0 Å². The smallest absolute Gasteiger partial charge is 0.0456 e. The molecule has 0 heterocycles. The van der Waals surface area contributed by atoms with Crippen LogP contribution in [0.15, 0.2) is 48.5 Å². The molecule has 2 N–H and O–H groups in total. The summed E-state index contributed by atoms with van der Waals surface area (Å²) >= 11 is 12.4. The van der Waals surface area contributed by atoms with Crippen LogP contribution in [0, 0.1) is 0 Å². The molecule has 0 aliphatic carbocycles. The highest BCUT2D eigenvalue weighted by Crippen LogP contribution is 2.30. The molecule has 3 heteroatoms. The van der Waals surface area contributed by atoms with Crippen molar-refractivity contribution in [1.82, 2.24) is 0 Å². The Hall–Kier alpha value is -1.02. The van der Waals surface area contributed by atoms with Crippen LogP contribution >= 0.6 is 23.2 Å². The molecular formula is C15H15Cl2N. The highest BCUT2D eigenvalue weighted by Gasteiger charge is 2.24. The van der Waals surface area contributed by atoms with Gasteiger partial charge in [0.25, 0.3) is 0 Å². The third-order valence-corrected chi connectivity index (χ3v) is 3.70. The van der Waals surface area contributed by atoms with Gasteiger partial charge in [-0.3, -0.25) is 0 Å². The van der Waals surface area contributed by atoms with Crippen molar-refractivity contribution in [3.63, 3.8) is 0 Å². The molecule has 0 bridgehead atoms. The second-order valence-electron chi connectivity index (χ2n) is 4.67. The molecule has 1 nitrogen and oxygen atoms in total. The zero-order chi connectivity index (χ0) is 13.2. The van der Waals surface area contributed by atoms with Crippen LogP contribution in [-0.4, -0.2) is 0 Å². The maximum absolute atomic E-state index is 6.40. The number of benzene rings is 2. The molecule has 0 aliphatic heterocycles. The molecular weight excluding hydrogens is 265 g/mol. The van der Waals surface area contributed by atoms with Gasteiger partial charge in [-0.1, -0.05) is 59.6 Å². The van der Waals surface area contributed by atoms with E-state index in [4.69, 9.17) is 28.9 Å². The van der Waals surface area contributed by atoms with Gasteiger partial charge in [0.05, 0.1) is 0 Å². The van der Waals surface area contributed by atoms with E-state index in [1.54, 1.807) is 0 Å². The van der Waals surface area contributed by atoms with Crippen molar-refractivity contribution < 1.29 is 0 Å². The fourth-order valence-corrected chi connectivity index (χ4v) is 2.61. The molecule has 2 rings (SSSR count). The van der Waals surface area contributed by atoms with E-state index >= 15 is 0 Å². The molecule has 1 unspecified atom stereocenters. The van der Waals surface area contributed by atoms with Gasteiger partial charge >= 0.3 is 0 Å². The second kappa shape index (κ2) is 5.31. The molecule has 2 aromatic rings. The lowest BCUT2D eigenvalue weighted by atomic mass is 9.86. The van der Waals surface area contributed by atoms with E-state index in [0.29, 0.717) is 11.4 Å². The molecule has 1 atom stereocenters. The Kier molecular flexibility index (Phi) is 3.96. The Morgan fingerprint density at radius 2 is 1.50 bits per heavy atom. The molecule has 0 fully saturated rings. The van der Waals surface area contributed by atoms with E-state index < -0.39 is 5.54 Å². The van der Waals surface area contributed by atoms with Crippen LogP contribution in [0.2, 0.25) is 10.0 Å². The molecule has 0 aromatic heterocycles. The summed E-state index contributed by atoms with van der Waals surface area (Å²) in [4.78, 5) is 0. The van der Waals surface area contributed by atoms with Gasteiger partial charge in [-0.15, -0.1) is 0 Å².